The number of aromatic nitrogens is 2. The number of anilines is 2. The maximum Gasteiger partial charge on any atom is 0.329 e. The SMILES string of the molecule is CN(C)c1nc(N)ncc1[N+](=O)[O-]. The van der Waals surface area contributed by atoms with Gasteiger partial charge in [-0.3, -0.25) is 10.1 Å². The molecule has 1 rings (SSSR count). The van der Waals surface area contributed by atoms with Crippen LogP contribution in [0, 0.1) is 10.1 Å². The second kappa shape index (κ2) is 3.21. The van der Waals surface area contributed by atoms with Crippen LogP contribution >= 0.6 is 0 Å². The molecular formula is C6H9N5O2. The number of nitrogens with zero attached hydrogens (tertiary/aromatic N) is 4. The second-order valence-corrected chi connectivity index (χ2v) is 2.59. The molecule has 1 heterocycles. The first kappa shape index (κ1) is 9.17. The highest BCUT2D eigenvalue weighted by molar-refractivity contribution is 5.57. The maximum absolute atomic E-state index is 10.5. The van der Waals surface area contributed by atoms with Gasteiger partial charge in [0.2, 0.25) is 11.8 Å². The highest BCUT2D eigenvalue weighted by atomic mass is 16.6. The number of nitro groups is 1. The van der Waals surface area contributed by atoms with E-state index in [4.69, 9.17) is 5.73 Å². The third-order valence-corrected chi connectivity index (χ3v) is 1.39. The van der Waals surface area contributed by atoms with E-state index in [1.165, 1.54) is 4.90 Å². The average molecular weight is 183 g/mol. The second-order valence-electron chi connectivity index (χ2n) is 2.59. The van der Waals surface area contributed by atoms with Gasteiger partial charge < -0.3 is 10.6 Å². The molecular weight excluding hydrogens is 174 g/mol. The van der Waals surface area contributed by atoms with Gasteiger partial charge in [-0.1, -0.05) is 0 Å². The fraction of sp³-hybridized carbons (Fsp3) is 0.333. The van der Waals surface area contributed by atoms with Gasteiger partial charge in [0.1, 0.15) is 6.20 Å². The fourth-order valence-electron chi connectivity index (χ4n) is 0.838. The molecule has 0 radical (unpaired) electrons. The Morgan fingerprint density at radius 1 is 1.62 bits per heavy atom. The van der Waals surface area contributed by atoms with Crippen molar-refractivity contribution < 1.29 is 4.92 Å². The Labute approximate surface area is 74.4 Å². The van der Waals surface area contributed by atoms with Crippen LogP contribution in [0.25, 0.3) is 0 Å². The van der Waals surface area contributed by atoms with Crippen molar-refractivity contribution in [2.24, 2.45) is 0 Å². The van der Waals surface area contributed by atoms with Crippen LogP contribution in [0.3, 0.4) is 0 Å². The molecule has 0 spiro atoms. The van der Waals surface area contributed by atoms with Crippen LogP contribution in [-0.4, -0.2) is 29.0 Å². The smallest absolute Gasteiger partial charge is 0.329 e. The van der Waals surface area contributed by atoms with Crippen LogP contribution in [0.1, 0.15) is 0 Å². The molecule has 0 aliphatic carbocycles. The van der Waals surface area contributed by atoms with E-state index in [-0.39, 0.29) is 17.5 Å². The number of hydrogen-bond acceptors (Lipinski definition) is 6. The van der Waals surface area contributed by atoms with Crippen molar-refractivity contribution in [1.29, 1.82) is 0 Å². The van der Waals surface area contributed by atoms with Crippen molar-refractivity contribution in [1.82, 2.24) is 9.97 Å². The Balaban J connectivity index is 3.26. The van der Waals surface area contributed by atoms with E-state index in [0.29, 0.717) is 0 Å². The molecule has 0 unspecified atom stereocenters. The highest BCUT2D eigenvalue weighted by Crippen LogP contribution is 2.22. The topological polar surface area (TPSA) is 98.2 Å². The summed E-state index contributed by atoms with van der Waals surface area (Å²) in [6.07, 6.45) is 1.09. The van der Waals surface area contributed by atoms with Crippen molar-refractivity contribution in [3.05, 3.63) is 16.3 Å². The highest BCUT2D eigenvalue weighted by Gasteiger charge is 2.17. The van der Waals surface area contributed by atoms with Gasteiger partial charge in [-0.25, -0.2) is 4.98 Å². The summed E-state index contributed by atoms with van der Waals surface area (Å²) in [5, 5.41) is 10.5. The minimum absolute atomic E-state index is 0.0225. The number of rotatable bonds is 2. The monoisotopic (exact) mass is 183 g/mol. The van der Waals surface area contributed by atoms with Crippen LogP contribution < -0.4 is 10.6 Å². The van der Waals surface area contributed by atoms with E-state index < -0.39 is 4.92 Å². The predicted molar refractivity (Wildman–Crippen MR) is 47.4 cm³/mol. The van der Waals surface area contributed by atoms with Crippen molar-refractivity contribution in [3.63, 3.8) is 0 Å². The molecule has 0 atom stereocenters. The maximum atomic E-state index is 10.5. The normalized spacial score (nSPS) is 9.69. The third-order valence-electron chi connectivity index (χ3n) is 1.39. The Morgan fingerprint density at radius 3 is 2.69 bits per heavy atom. The molecule has 2 N–H and O–H groups in total. The quantitative estimate of drug-likeness (QED) is 0.513. The Bertz CT molecular complexity index is 338. The first-order valence-corrected chi connectivity index (χ1v) is 3.46. The molecule has 0 aromatic carbocycles. The standard InChI is InChI=1S/C6H9N5O2/c1-10(2)5-4(11(12)13)3-8-6(7)9-5/h3H,1-2H3,(H2,7,8,9). The molecule has 0 aliphatic heterocycles. The summed E-state index contributed by atoms with van der Waals surface area (Å²) in [4.78, 5) is 18.7. The lowest BCUT2D eigenvalue weighted by atomic mass is 10.4. The van der Waals surface area contributed by atoms with Crippen molar-refractivity contribution in [2.75, 3.05) is 24.7 Å². The summed E-state index contributed by atoms with van der Waals surface area (Å²) >= 11 is 0. The van der Waals surface area contributed by atoms with E-state index in [1.54, 1.807) is 14.1 Å². The molecule has 0 fully saturated rings. The van der Waals surface area contributed by atoms with Crippen LogP contribution in [-0.2, 0) is 0 Å². The minimum Gasteiger partial charge on any atom is -0.368 e. The lowest BCUT2D eigenvalue weighted by molar-refractivity contribution is -0.384. The predicted octanol–water partition coefficient (Wildman–Crippen LogP) is 0.0330. The molecule has 7 heteroatoms. The minimum atomic E-state index is -0.547. The van der Waals surface area contributed by atoms with Crippen molar-refractivity contribution in [2.45, 2.75) is 0 Å². The molecule has 0 bridgehead atoms. The Morgan fingerprint density at radius 2 is 2.23 bits per heavy atom. The zero-order valence-corrected chi connectivity index (χ0v) is 7.26. The number of nitrogen functional groups attached to an aromatic ring is 1. The van der Waals surface area contributed by atoms with E-state index in [1.807, 2.05) is 0 Å². The molecule has 0 amide bonds. The van der Waals surface area contributed by atoms with Crippen molar-refractivity contribution in [3.8, 4) is 0 Å². The summed E-state index contributed by atoms with van der Waals surface area (Å²) in [7, 11) is 3.30. The summed E-state index contributed by atoms with van der Waals surface area (Å²) in [6, 6.07) is 0. The first-order chi connectivity index (χ1) is 6.02. The molecule has 0 saturated carbocycles. The van der Waals surface area contributed by atoms with Gasteiger partial charge in [0.05, 0.1) is 4.92 Å². The van der Waals surface area contributed by atoms with Gasteiger partial charge in [0.15, 0.2) is 0 Å². The third kappa shape index (κ3) is 1.81. The molecule has 13 heavy (non-hydrogen) atoms. The van der Waals surface area contributed by atoms with E-state index in [0.717, 1.165) is 6.20 Å². The summed E-state index contributed by atoms with van der Waals surface area (Å²) < 4.78 is 0. The van der Waals surface area contributed by atoms with Gasteiger partial charge in [0, 0.05) is 14.1 Å². The van der Waals surface area contributed by atoms with Crippen LogP contribution in [0.2, 0.25) is 0 Å². The number of hydrogen-bond donors (Lipinski definition) is 1. The van der Waals surface area contributed by atoms with Gasteiger partial charge in [-0.05, 0) is 0 Å². The molecule has 0 saturated heterocycles. The van der Waals surface area contributed by atoms with Gasteiger partial charge >= 0.3 is 5.69 Å². The average Bonchev–Trinajstić information content (AvgIpc) is 2.03. The summed E-state index contributed by atoms with van der Waals surface area (Å²) in [5.74, 6) is 0.229. The van der Waals surface area contributed by atoms with Crippen LogP contribution in [0.5, 0.6) is 0 Å². The summed E-state index contributed by atoms with van der Waals surface area (Å²) in [5.41, 5.74) is 5.14. The molecule has 7 nitrogen and oxygen atoms in total. The zero-order valence-electron chi connectivity index (χ0n) is 7.26. The zero-order chi connectivity index (χ0) is 10.0. The molecule has 1 aromatic rings. The van der Waals surface area contributed by atoms with Crippen LogP contribution in [0.15, 0.2) is 6.20 Å². The molecule has 70 valence electrons. The largest absolute Gasteiger partial charge is 0.368 e. The molecule has 1 aromatic heterocycles. The molecule has 0 aliphatic rings. The Hall–Kier alpha value is -1.92. The number of nitrogens with two attached hydrogens (primary N) is 1. The van der Waals surface area contributed by atoms with Gasteiger partial charge in [-0.15, -0.1) is 0 Å². The van der Waals surface area contributed by atoms with Gasteiger partial charge in [0.25, 0.3) is 0 Å². The Kier molecular flexibility index (Phi) is 2.27. The van der Waals surface area contributed by atoms with Crippen molar-refractivity contribution >= 4 is 17.5 Å². The van der Waals surface area contributed by atoms with E-state index >= 15 is 0 Å². The summed E-state index contributed by atoms with van der Waals surface area (Å²) in [6.45, 7) is 0. The lowest BCUT2D eigenvalue weighted by Gasteiger charge is -2.10. The first-order valence-electron chi connectivity index (χ1n) is 3.46. The van der Waals surface area contributed by atoms with Crippen LogP contribution in [0.4, 0.5) is 17.5 Å². The van der Waals surface area contributed by atoms with E-state index in [9.17, 15) is 10.1 Å². The van der Waals surface area contributed by atoms with E-state index in [2.05, 4.69) is 9.97 Å². The fourth-order valence-corrected chi connectivity index (χ4v) is 0.838. The lowest BCUT2D eigenvalue weighted by Crippen LogP contribution is -2.14. The van der Waals surface area contributed by atoms with Gasteiger partial charge in [-0.2, -0.15) is 4.98 Å².